The van der Waals surface area contributed by atoms with Gasteiger partial charge in [-0.25, -0.2) is 0 Å². The van der Waals surface area contributed by atoms with Crippen LogP contribution in [0.25, 0.3) is 0 Å². The number of benzene rings is 1. The molecular weight excluding hydrogens is 220 g/mol. The molecule has 4 heteroatoms. The molecule has 4 nitrogen and oxygen atoms in total. The quantitative estimate of drug-likeness (QED) is 0.608. The van der Waals surface area contributed by atoms with E-state index in [4.69, 9.17) is 9.84 Å². The van der Waals surface area contributed by atoms with E-state index in [1.165, 1.54) is 0 Å². The van der Waals surface area contributed by atoms with Crippen LogP contribution in [0.5, 0.6) is 5.75 Å². The van der Waals surface area contributed by atoms with Gasteiger partial charge in [-0.2, -0.15) is 0 Å². The normalized spacial score (nSPS) is 9.94. The first-order valence-electron chi connectivity index (χ1n) is 5.64. The smallest absolute Gasteiger partial charge is 0.311 e. The number of rotatable bonds is 6. The molecule has 0 radical (unpaired) electrons. The van der Waals surface area contributed by atoms with E-state index < -0.39 is 5.97 Å². The summed E-state index contributed by atoms with van der Waals surface area (Å²) in [6.07, 6.45) is 1.22. The molecule has 1 aromatic rings. The SMILES string of the molecule is CCc1ccccc1OC(=O)CCCC(=O)O. The Morgan fingerprint density at radius 2 is 1.94 bits per heavy atom. The molecule has 1 rings (SSSR count). The summed E-state index contributed by atoms with van der Waals surface area (Å²) in [6, 6.07) is 7.34. The Kier molecular flexibility index (Phi) is 5.20. The van der Waals surface area contributed by atoms with Crippen LogP contribution in [-0.2, 0) is 16.0 Å². The molecule has 1 aromatic carbocycles. The molecule has 0 fully saturated rings. The molecule has 0 spiro atoms. The summed E-state index contributed by atoms with van der Waals surface area (Å²) in [5, 5.41) is 8.45. The first-order chi connectivity index (χ1) is 8.13. The van der Waals surface area contributed by atoms with Crippen LogP contribution in [0.1, 0.15) is 31.7 Å². The lowest BCUT2D eigenvalue weighted by Gasteiger charge is -2.07. The van der Waals surface area contributed by atoms with E-state index in [1.807, 2.05) is 19.1 Å². The second-order valence-electron chi connectivity index (χ2n) is 3.68. The van der Waals surface area contributed by atoms with Crippen molar-refractivity contribution in [1.29, 1.82) is 0 Å². The maximum atomic E-state index is 11.4. The van der Waals surface area contributed by atoms with Crippen LogP contribution in [0.4, 0.5) is 0 Å². The highest BCUT2D eigenvalue weighted by molar-refractivity contribution is 5.74. The van der Waals surface area contributed by atoms with Crippen LogP contribution in [0.3, 0.4) is 0 Å². The van der Waals surface area contributed by atoms with Gasteiger partial charge in [0.2, 0.25) is 0 Å². The van der Waals surface area contributed by atoms with E-state index >= 15 is 0 Å². The lowest BCUT2D eigenvalue weighted by Crippen LogP contribution is -2.09. The maximum Gasteiger partial charge on any atom is 0.311 e. The molecule has 0 aliphatic rings. The monoisotopic (exact) mass is 236 g/mol. The number of carboxylic acids is 1. The van der Waals surface area contributed by atoms with Gasteiger partial charge in [0.15, 0.2) is 0 Å². The first kappa shape index (κ1) is 13.2. The summed E-state index contributed by atoms with van der Waals surface area (Å²) < 4.78 is 5.19. The molecule has 92 valence electrons. The Balaban J connectivity index is 2.47. The third-order valence-corrected chi connectivity index (χ3v) is 2.35. The molecule has 1 N–H and O–H groups in total. The van der Waals surface area contributed by atoms with Crippen molar-refractivity contribution in [2.45, 2.75) is 32.6 Å². The summed E-state index contributed by atoms with van der Waals surface area (Å²) in [6.45, 7) is 1.98. The fourth-order valence-electron chi connectivity index (χ4n) is 1.45. The van der Waals surface area contributed by atoms with Crippen molar-refractivity contribution in [3.63, 3.8) is 0 Å². The lowest BCUT2D eigenvalue weighted by molar-refractivity contribution is -0.137. The number of ether oxygens (including phenoxy) is 1. The van der Waals surface area contributed by atoms with Gasteiger partial charge in [-0.1, -0.05) is 25.1 Å². The Labute approximate surface area is 100 Å². The van der Waals surface area contributed by atoms with E-state index in [0.717, 1.165) is 12.0 Å². The van der Waals surface area contributed by atoms with Crippen molar-refractivity contribution >= 4 is 11.9 Å². The molecule has 0 aliphatic carbocycles. The third kappa shape index (κ3) is 4.68. The maximum absolute atomic E-state index is 11.4. The third-order valence-electron chi connectivity index (χ3n) is 2.35. The van der Waals surface area contributed by atoms with Gasteiger partial charge in [0.05, 0.1) is 0 Å². The average molecular weight is 236 g/mol. The van der Waals surface area contributed by atoms with Crippen molar-refractivity contribution < 1.29 is 19.4 Å². The molecule has 0 amide bonds. The van der Waals surface area contributed by atoms with Crippen LogP contribution in [0.2, 0.25) is 0 Å². The minimum Gasteiger partial charge on any atom is -0.481 e. The van der Waals surface area contributed by atoms with Crippen LogP contribution in [0.15, 0.2) is 24.3 Å². The van der Waals surface area contributed by atoms with Crippen LogP contribution in [-0.4, -0.2) is 17.0 Å². The fraction of sp³-hybridized carbons (Fsp3) is 0.385. The Bertz CT molecular complexity index is 398. The highest BCUT2D eigenvalue weighted by atomic mass is 16.5. The zero-order chi connectivity index (χ0) is 12.7. The summed E-state index contributed by atoms with van der Waals surface area (Å²) in [5.74, 6) is -0.714. The average Bonchev–Trinajstić information content (AvgIpc) is 2.29. The molecule has 0 saturated carbocycles. The van der Waals surface area contributed by atoms with Crippen LogP contribution < -0.4 is 4.74 Å². The molecule has 0 aromatic heterocycles. The Morgan fingerprint density at radius 3 is 2.59 bits per heavy atom. The van der Waals surface area contributed by atoms with Crippen molar-refractivity contribution in [1.82, 2.24) is 0 Å². The molecule has 0 unspecified atom stereocenters. The van der Waals surface area contributed by atoms with Crippen molar-refractivity contribution in [2.24, 2.45) is 0 Å². The number of para-hydroxylation sites is 1. The molecule has 0 bridgehead atoms. The van der Waals surface area contributed by atoms with E-state index in [1.54, 1.807) is 12.1 Å². The number of hydrogen-bond acceptors (Lipinski definition) is 3. The number of carboxylic acid groups (broad SMARTS) is 1. The highest BCUT2D eigenvalue weighted by Gasteiger charge is 2.08. The van der Waals surface area contributed by atoms with Crippen LogP contribution >= 0.6 is 0 Å². The Hall–Kier alpha value is -1.84. The largest absolute Gasteiger partial charge is 0.481 e. The number of hydrogen-bond donors (Lipinski definition) is 1. The van der Waals surface area contributed by atoms with E-state index in [2.05, 4.69) is 0 Å². The molecule has 17 heavy (non-hydrogen) atoms. The van der Waals surface area contributed by atoms with Crippen LogP contribution in [0, 0.1) is 0 Å². The van der Waals surface area contributed by atoms with E-state index in [9.17, 15) is 9.59 Å². The summed E-state index contributed by atoms with van der Waals surface area (Å²) in [5.41, 5.74) is 0.971. The summed E-state index contributed by atoms with van der Waals surface area (Å²) in [7, 11) is 0. The van der Waals surface area contributed by atoms with Gasteiger partial charge in [0.25, 0.3) is 0 Å². The minimum atomic E-state index is -0.897. The van der Waals surface area contributed by atoms with Crippen molar-refractivity contribution in [3.8, 4) is 5.75 Å². The number of carbonyl (C=O) groups excluding carboxylic acids is 1. The zero-order valence-electron chi connectivity index (χ0n) is 9.81. The Morgan fingerprint density at radius 1 is 1.24 bits per heavy atom. The fourth-order valence-corrected chi connectivity index (χ4v) is 1.45. The molecule has 0 aliphatic heterocycles. The second-order valence-corrected chi connectivity index (χ2v) is 3.68. The molecule has 0 atom stereocenters. The summed E-state index contributed by atoms with van der Waals surface area (Å²) in [4.78, 5) is 21.7. The predicted octanol–water partition coefficient (Wildman–Crippen LogP) is 2.41. The van der Waals surface area contributed by atoms with Crippen molar-refractivity contribution in [3.05, 3.63) is 29.8 Å². The highest BCUT2D eigenvalue weighted by Crippen LogP contribution is 2.19. The topological polar surface area (TPSA) is 63.6 Å². The minimum absolute atomic E-state index is 0.00940. The van der Waals surface area contributed by atoms with Gasteiger partial charge in [-0.3, -0.25) is 9.59 Å². The lowest BCUT2D eigenvalue weighted by atomic mass is 10.1. The van der Waals surface area contributed by atoms with Gasteiger partial charge in [0.1, 0.15) is 5.75 Å². The molecule has 0 heterocycles. The zero-order valence-corrected chi connectivity index (χ0v) is 9.81. The number of aryl methyl sites for hydroxylation is 1. The molecular formula is C13H16O4. The molecule has 0 saturated heterocycles. The summed E-state index contributed by atoms with van der Waals surface area (Å²) >= 11 is 0. The van der Waals surface area contributed by atoms with Gasteiger partial charge in [0, 0.05) is 12.8 Å². The second kappa shape index (κ2) is 6.68. The van der Waals surface area contributed by atoms with Gasteiger partial charge < -0.3 is 9.84 Å². The van der Waals surface area contributed by atoms with Gasteiger partial charge >= 0.3 is 11.9 Å². The predicted molar refractivity (Wildman–Crippen MR) is 62.9 cm³/mol. The number of carbonyl (C=O) groups is 2. The standard InChI is InChI=1S/C13H16O4/c1-2-10-6-3-4-7-11(10)17-13(16)9-5-8-12(14)15/h3-4,6-7H,2,5,8-9H2,1H3,(H,14,15). The van der Waals surface area contributed by atoms with Crippen molar-refractivity contribution in [2.75, 3.05) is 0 Å². The number of aliphatic carboxylic acids is 1. The van der Waals surface area contributed by atoms with E-state index in [-0.39, 0.29) is 18.8 Å². The van der Waals surface area contributed by atoms with E-state index in [0.29, 0.717) is 12.2 Å². The first-order valence-corrected chi connectivity index (χ1v) is 5.64. The van der Waals surface area contributed by atoms with Gasteiger partial charge in [-0.15, -0.1) is 0 Å². The number of esters is 1. The van der Waals surface area contributed by atoms with Gasteiger partial charge in [-0.05, 0) is 24.5 Å².